The molecule has 4 aromatic rings. The van der Waals surface area contributed by atoms with E-state index in [1.165, 1.54) is 45.8 Å². The first-order chi connectivity index (χ1) is 12.1. The Balaban J connectivity index is 1.85. The molecule has 5 rings (SSSR count). The van der Waals surface area contributed by atoms with Gasteiger partial charge < -0.3 is 9.13 Å². The maximum atomic E-state index is 2.47. The molecule has 0 N–H and O–H groups in total. The summed E-state index contributed by atoms with van der Waals surface area (Å²) in [6.07, 6.45) is 7.38. The van der Waals surface area contributed by atoms with Gasteiger partial charge in [0.15, 0.2) is 0 Å². The van der Waals surface area contributed by atoms with Gasteiger partial charge >= 0.3 is 0 Å². The van der Waals surface area contributed by atoms with E-state index in [4.69, 9.17) is 0 Å². The minimum atomic E-state index is 0.0573. The Morgan fingerprint density at radius 2 is 1.20 bits per heavy atom. The molecule has 0 spiro atoms. The van der Waals surface area contributed by atoms with Gasteiger partial charge in [0.05, 0.1) is 0 Å². The summed E-state index contributed by atoms with van der Waals surface area (Å²) in [5.74, 6) is 0.726. The largest absolute Gasteiger partial charge is 0.350 e. The molecule has 2 nitrogen and oxygen atoms in total. The van der Waals surface area contributed by atoms with Gasteiger partial charge in [-0.05, 0) is 42.0 Å². The van der Waals surface area contributed by atoms with Gasteiger partial charge in [0, 0.05) is 53.7 Å². The van der Waals surface area contributed by atoms with Crippen molar-refractivity contribution in [3.63, 3.8) is 0 Å². The number of aromatic nitrogens is 2. The van der Waals surface area contributed by atoms with Gasteiger partial charge in [0.25, 0.3) is 0 Å². The molecule has 0 aliphatic heterocycles. The molecule has 0 saturated heterocycles. The van der Waals surface area contributed by atoms with E-state index in [0.29, 0.717) is 0 Å². The van der Waals surface area contributed by atoms with Crippen LogP contribution < -0.4 is 0 Å². The third-order valence-electron chi connectivity index (χ3n) is 6.31. The van der Waals surface area contributed by atoms with E-state index in [9.17, 15) is 0 Å². The highest BCUT2D eigenvalue weighted by molar-refractivity contribution is 5.90. The van der Waals surface area contributed by atoms with Crippen molar-refractivity contribution in [1.82, 2.24) is 9.13 Å². The lowest BCUT2D eigenvalue weighted by Gasteiger charge is -2.30. The predicted molar refractivity (Wildman–Crippen MR) is 105 cm³/mol. The number of nitrogens with zero attached hydrogens (tertiary/aromatic N) is 2. The Hall–Kier alpha value is -2.48. The molecule has 0 amide bonds. The van der Waals surface area contributed by atoms with Crippen LogP contribution in [0.3, 0.4) is 0 Å². The average Bonchev–Trinajstić information content (AvgIpc) is 3.37. The monoisotopic (exact) mass is 328 g/mol. The fourth-order valence-corrected chi connectivity index (χ4v) is 4.76. The van der Waals surface area contributed by atoms with Crippen LogP contribution in [-0.2, 0) is 19.5 Å². The predicted octanol–water partition coefficient (Wildman–Crippen LogP) is 5.39. The zero-order chi connectivity index (χ0) is 17.2. The molecule has 1 saturated carbocycles. The average molecular weight is 328 g/mol. The third-order valence-corrected chi connectivity index (χ3v) is 6.31. The second-order valence-electron chi connectivity index (χ2n) is 7.82. The van der Waals surface area contributed by atoms with Gasteiger partial charge in [-0.2, -0.15) is 0 Å². The molecule has 0 radical (unpaired) electrons. The van der Waals surface area contributed by atoms with Crippen molar-refractivity contribution < 1.29 is 0 Å². The maximum absolute atomic E-state index is 2.47. The molecule has 2 heterocycles. The topological polar surface area (TPSA) is 9.86 Å². The Morgan fingerprint density at radius 1 is 0.760 bits per heavy atom. The van der Waals surface area contributed by atoms with Crippen LogP contribution >= 0.6 is 0 Å². The zero-order valence-electron chi connectivity index (χ0n) is 15.2. The number of hydrogen-bond donors (Lipinski definition) is 0. The molecule has 2 heteroatoms. The van der Waals surface area contributed by atoms with E-state index in [2.05, 4.69) is 91.1 Å². The molecule has 0 unspecified atom stereocenters. The molecule has 2 aromatic carbocycles. The van der Waals surface area contributed by atoms with Crippen LogP contribution in [-0.4, -0.2) is 9.13 Å². The molecular formula is C23H24N2. The summed E-state index contributed by atoms with van der Waals surface area (Å²) < 4.78 is 4.58. The van der Waals surface area contributed by atoms with Crippen LogP contribution in [0.15, 0.2) is 60.9 Å². The van der Waals surface area contributed by atoms with E-state index in [1.54, 1.807) is 0 Å². The molecule has 1 aliphatic carbocycles. The Bertz CT molecular complexity index is 1010. The van der Waals surface area contributed by atoms with Gasteiger partial charge in [0.1, 0.15) is 0 Å². The Labute approximate surface area is 148 Å². The highest BCUT2D eigenvalue weighted by Gasteiger charge is 2.46. The van der Waals surface area contributed by atoms with Crippen molar-refractivity contribution in [1.29, 1.82) is 0 Å². The van der Waals surface area contributed by atoms with Crippen LogP contribution in [0.2, 0.25) is 0 Å². The Morgan fingerprint density at radius 3 is 1.64 bits per heavy atom. The molecule has 0 bridgehead atoms. The lowest BCUT2D eigenvalue weighted by atomic mass is 9.72. The minimum absolute atomic E-state index is 0.0573. The molecular weight excluding hydrogens is 304 g/mol. The van der Waals surface area contributed by atoms with Gasteiger partial charge in [-0.3, -0.25) is 0 Å². The maximum Gasteiger partial charge on any atom is 0.0480 e. The van der Waals surface area contributed by atoms with Crippen LogP contribution in [0.4, 0.5) is 0 Å². The second-order valence-corrected chi connectivity index (χ2v) is 7.82. The summed E-state index contributed by atoms with van der Waals surface area (Å²) in [7, 11) is 4.34. The van der Waals surface area contributed by atoms with Crippen molar-refractivity contribution in [2.75, 3.05) is 0 Å². The molecule has 126 valence electrons. The third kappa shape index (κ3) is 1.97. The highest BCUT2D eigenvalue weighted by Crippen LogP contribution is 2.54. The van der Waals surface area contributed by atoms with Gasteiger partial charge in [0.2, 0.25) is 0 Å². The first-order valence-electron chi connectivity index (χ1n) is 9.20. The lowest BCUT2D eigenvalue weighted by Crippen LogP contribution is -2.26. The van der Waals surface area contributed by atoms with Crippen molar-refractivity contribution in [2.45, 2.75) is 25.2 Å². The fraction of sp³-hybridized carbons (Fsp3) is 0.304. The van der Waals surface area contributed by atoms with Gasteiger partial charge in [-0.25, -0.2) is 0 Å². The smallest absolute Gasteiger partial charge is 0.0480 e. The van der Waals surface area contributed by atoms with E-state index >= 15 is 0 Å². The van der Waals surface area contributed by atoms with Crippen molar-refractivity contribution in [2.24, 2.45) is 20.0 Å². The summed E-state index contributed by atoms with van der Waals surface area (Å²) in [6, 6.07) is 17.7. The molecule has 1 aliphatic rings. The first kappa shape index (κ1) is 14.8. The van der Waals surface area contributed by atoms with Crippen molar-refractivity contribution in [3.8, 4) is 0 Å². The SMILES string of the molecule is Cn1cc(C(C)(c2cn(C)c3ccccc23)C2CC2)c2ccccc21. The summed E-state index contributed by atoms with van der Waals surface area (Å²) in [6.45, 7) is 2.47. The van der Waals surface area contributed by atoms with Crippen LogP contribution in [0, 0.1) is 5.92 Å². The number of rotatable bonds is 3. The Kier molecular flexibility index (Phi) is 2.97. The van der Waals surface area contributed by atoms with E-state index in [-0.39, 0.29) is 5.41 Å². The summed E-state index contributed by atoms with van der Waals surface area (Å²) in [4.78, 5) is 0. The fourth-order valence-electron chi connectivity index (χ4n) is 4.76. The lowest BCUT2D eigenvalue weighted by molar-refractivity contribution is 0.500. The minimum Gasteiger partial charge on any atom is -0.350 e. The van der Waals surface area contributed by atoms with Crippen LogP contribution in [0.25, 0.3) is 21.8 Å². The van der Waals surface area contributed by atoms with E-state index < -0.39 is 0 Å². The quantitative estimate of drug-likeness (QED) is 0.477. The normalized spacial score (nSPS) is 15.3. The molecule has 25 heavy (non-hydrogen) atoms. The first-order valence-corrected chi connectivity index (χ1v) is 9.20. The second kappa shape index (κ2) is 5.01. The number of fused-ring (bicyclic) bond motifs is 2. The number of aryl methyl sites for hydroxylation is 2. The van der Waals surface area contributed by atoms with Crippen LogP contribution in [0.1, 0.15) is 30.9 Å². The number of benzene rings is 2. The molecule has 0 atom stereocenters. The summed E-state index contributed by atoms with van der Waals surface area (Å²) in [5.41, 5.74) is 5.66. The van der Waals surface area contributed by atoms with Crippen molar-refractivity contribution >= 4 is 21.8 Å². The van der Waals surface area contributed by atoms with E-state index in [0.717, 1.165) is 5.92 Å². The summed E-state index contributed by atoms with van der Waals surface area (Å²) >= 11 is 0. The number of para-hydroxylation sites is 2. The molecule has 1 fully saturated rings. The van der Waals surface area contributed by atoms with Gasteiger partial charge in [-0.15, -0.1) is 0 Å². The standard InChI is InChI=1S/C23H24N2/c1-23(16-12-13-16,19-14-24(2)21-10-6-4-8-17(19)21)20-15-25(3)22-11-7-5-9-18(20)22/h4-11,14-16H,12-13H2,1-3H3. The van der Waals surface area contributed by atoms with E-state index in [1.807, 2.05) is 0 Å². The summed E-state index contributed by atoms with van der Waals surface area (Å²) in [5, 5.41) is 2.79. The van der Waals surface area contributed by atoms with Crippen LogP contribution in [0.5, 0.6) is 0 Å². The highest BCUT2D eigenvalue weighted by atomic mass is 14.9. The van der Waals surface area contributed by atoms with Crippen molar-refractivity contribution in [3.05, 3.63) is 72.1 Å². The zero-order valence-corrected chi connectivity index (χ0v) is 15.2. The number of hydrogen-bond acceptors (Lipinski definition) is 0. The molecule has 2 aromatic heterocycles. The van der Waals surface area contributed by atoms with Gasteiger partial charge in [-0.1, -0.05) is 43.3 Å².